The van der Waals surface area contributed by atoms with Gasteiger partial charge >= 0.3 is 51.4 Å². The topological polar surface area (TPSA) is 71.5 Å². The molecule has 0 aliphatic rings. The molecular formula is C12H20KN3O3S2. The molecule has 0 amide bonds. The Balaban J connectivity index is 0. The molecule has 0 atom stereocenters. The third-order valence-corrected chi connectivity index (χ3v) is 3.47. The van der Waals surface area contributed by atoms with Crippen molar-refractivity contribution in [3.8, 4) is 0 Å². The maximum absolute atomic E-state index is 10.2. The molecule has 0 aromatic carbocycles. The third-order valence-electron chi connectivity index (χ3n) is 2.21. The normalized spacial score (nSPS) is 11.3. The van der Waals surface area contributed by atoms with Crippen LogP contribution in [0.1, 0.15) is 12.9 Å². The van der Waals surface area contributed by atoms with Crippen molar-refractivity contribution < 1.29 is 62.2 Å². The summed E-state index contributed by atoms with van der Waals surface area (Å²) < 4.78 is 5.68. The first-order chi connectivity index (χ1) is 9.47. The Bertz CT molecular complexity index is 472. The Hall–Kier alpha value is 0.516. The fourth-order valence-electron chi connectivity index (χ4n) is 1.47. The second kappa shape index (κ2) is 12.0. The molecule has 1 aromatic rings. The van der Waals surface area contributed by atoms with Gasteiger partial charge in [-0.1, -0.05) is 0 Å². The summed E-state index contributed by atoms with van der Waals surface area (Å²) in [5, 5.41) is 13.3. The van der Waals surface area contributed by atoms with Crippen LogP contribution in [0, 0.1) is 10.1 Å². The van der Waals surface area contributed by atoms with E-state index in [1.54, 1.807) is 11.8 Å². The van der Waals surface area contributed by atoms with Crippen LogP contribution >= 0.6 is 24.4 Å². The molecule has 0 aliphatic heterocycles. The molecule has 0 radical (unpaired) electrons. The van der Waals surface area contributed by atoms with Crippen LogP contribution < -0.4 is 56.7 Å². The zero-order chi connectivity index (χ0) is 15.0. The molecule has 0 spiro atoms. The molecule has 0 unspecified atom stereocenters. The second-order valence-corrected chi connectivity index (χ2v) is 5.97. The van der Waals surface area contributed by atoms with Gasteiger partial charge in [0.25, 0.3) is 6.20 Å². The van der Waals surface area contributed by atoms with E-state index in [2.05, 4.69) is 22.8 Å². The van der Waals surface area contributed by atoms with Crippen LogP contribution in [0.25, 0.3) is 0 Å². The van der Waals surface area contributed by atoms with E-state index >= 15 is 0 Å². The van der Waals surface area contributed by atoms with Crippen molar-refractivity contribution >= 4 is 24.4 Å². The first-order valence-corrected chi connectivity index (χ1v) is 7.66. The number of nitrogens with zero attached hydrogens (tertiary/aromatic N) is 2. The van der Waals surface area contributed by atoms with Gasteiger partial charge in [-0.15, -0.1) is 12.6 Å². The molecule has 9 heteroatoms. The van der Waals surface area contributed by atoms with Crippen LogP contribution in [-0.2, 0) is 12.3 Å². The molecule has 114 valence electrons. The van der Waals surface area contributed by atoms with Crippen molar-refractivity contribution in [2.75, 3.05) is 26.4 Å². The number of nitrogens with one attached hydrogen (secondary N) is 1. The van der Waals surface area contributed by atoms with E-state index < -0.39 is 4.92 Å². The van der Waals surface area contributed by atoms with Crippen LogP contribution in [0.4, 0.5) is 0 Å². The summed E-state index contributed by atoms with van der Waals surface area (Å²) in [7, 11) is 3.99. The van der Waals surface area contributed by atoms with Crippen molar-refractivity contribution in [1.29, 1.82) is 0 Å². The fraction of sp³-hybridized carbons (Fsp3) is 0.500. The summed E-state index contributed by atoms with van der Waals surface area (Å²) in [5.41, 5.74) is 0. The molecular weight excluding hydrogens is 337 g/mol. The Morgan fingerprint density at radius 2 is 2.24 bits per heavy atom. The standard InChI is InChI=1S/C12H19N3O3S2.K.H/c1-14(2)7-10-3-4-11(18-10)9-20-6-5-13-12(19)8-15(16)17;;/h3-4,8,13,19H,5-7,9H2,1-2H3;;/q;+1;-1/b12-8-;;. The van der Waals surface area contributed by atoms with Gasteiger partial charge in [-0.2, -0.15) is 11.8 Å². The summed E-state index contributed by atoms with van der Waals surface area (Å²) >= 11 is 5.65. The zero-order valence-corrected chi connectivity index (χ0v) is 17.4. The Labute approximate surface area is 178 Å². The maximum atomic E-state index is 10.2. The zero-order valence-electron chi connectivity index (χ0n) is 13.5. The minimum absolute atomic E-state index is 0. The Morgan fingerprint density at radius 1 is 1.57 bits per heavy atom. The summed E-state index contributed by atoms with van der Waals surface area (Å²) in [5.74, 6) is 3.50. The number of thiol groups is 1. The van der Waals surface area contributed by atoms with E-state index in [1.165, 1.54) is 0 Å². The molecule has 0 saturated heterocycles. The molecule has 0 bridgehead atoms. The molecule has 6 nitrogen and oxygen atoms in total. The van der Waals surface area contributed by atoms with Gasteiger partial charge in [0.05, 0.1) is 17.2 Å². The number of rotatable bonds is 9. The van der Waals surface area contributed by atoms with E-state index in [1.807, 2.05) is 26.2 Å². The van der Waals surface area contributed by atoms with Crippen LogP contribution in [0.5, 0.6) is 0 Å². The molecule has 0 aliphatic carbocycles. The van der Waals surface area contributed by atoms with Crippen molar-refractivity contribution in [3.63, 3.8) is 0 Å². The molecule has 1 N–H and O–H groups in total. The average molecular weight is 358 g/mol. The monoisotopic (exact) mass is 357 g/mol. The number of hydrogen-bond acceptors (Lipinski definition) is 7. The van der Waals surface area contributed by atoms with Crippen LogP contribution in [-0.4, -0.2) is 36.2 Å². The Kier molecular flexibility index (Phi) is 12.3. The number of furan rings is 1. The van der Waals surface area contributed by atoms with E-state index in [0.29, 0.717) is 6.54 Å². The largest absolute Gasteiger partial charge is 1.00 e. The molecule has 0 saturated carbocycles. The summed E-state index contributed by atoms with van der Waals surface area (Å²) in [6.45, 7) is 1.42. The van der Waals surface area contributed by atoms with Gasteiger partial charge < -0.3 is 16.1 Å². The van der Waals surface area contributed by atoms with Gasteiger partial charge in [-0.3, -0.25) is 10.1 Å². The van der Waals surface area contributed by atoms with Gasteiger partial charge in [0, 0.05) is 12.3 Å². The number of nitro groups is 1. The summed E-state index contributed by atoms with van der Waals surface area (Å²) in [6.07, 6.45) is 0.841. The molecule has 1 rings (SSSR count). The maximum Gasteiger partial charge on any atom is 1.00 e. The smallest absolute Gasteiger partial charge is 1.00 e. The summed E-state index contributed by atoms with van der Waals surface area (Å²) in [6, 6.07) is 3.97. The van der Waals surface area contributed by atoms with Gasteiger partial charge in [0.2, 0.25) is 0 Å². The molecule has 1 aromatic heterocycles. The molecule has 21 heavy (non-hydrogen) atoms. The SMILES string of the molecule is CN(C)Cc1ccc(CSCCN/C(S)=C/[N+](=O)[O-])o1.[H-].[K+]. The van der Waals surface area contributed by atoms with Crippen molar-refractivity contribution in [2.45, 2.75) is 12.3 Å². The van der Waals surface area contributed by atoms with Crippen molar-refractivity contribution in [1.82, 2.24) is 10.2 Å². The number of hydrogen-bond donors (Lipinski definition) is 2. The van der Waals surface area contributed by atoms with E-state index in [4.69, 9.17) is 4.42 Å². The minimum Gasteiger partial charge on any atom is -1.00 e. The first kappa shape index (κ1) is 21.5. The average Bonchev–Trinajstić information content (AvgIpc) is 2.74. The van der Waals surface area contributed by atoms with Gasteiger partial charge in [-0.05, 0) is 26.2 Å². The third kappa shape index (κ3) is 10.8. The van der Waals surface area contributed by atoms with Crippen LogP contribution in [0.15, 0.2) is 27.8 Å². The quantitative estimate of drug-likeness (QED) is 0.200. The first-order valence-electron chi connectivity index (χ1n) is 6.05. The van der Waals surface area contributed by atoms with E-state index in [-0.39, 0.29) is 57.8 Å². The fourth-order valence-corrected chi connectivity index (χ4v) is 2.42. The van der Waals surface area contributed by atoms with Crippen molar-refractivity contribution in [3.05, 3.63) is 45.0 Å². The van der Waals surface area contributed by atoms with Gasteiger partial charge in [0.15, 0.2) is 0 Å². The molecule has 1 heterocycles. The van der Waals surface area contributed by atoms with Gasteiger partial charge in [0.1, 0.15) is 16.5 Å². The van der Waals surface area contributed by atoms with Crippen molar-refractivity contribution in [2.24, 2.45) is 0 Å². The molecule has 0 fully saturated rings. The predicted octanol–water partition coefficient (Wildman–Crippen LogP) is -0.714. The van der Waals surface area contributed by atoms with E-state index in [9.17, 15) is 10.1 Å². The van der Waals surface area contributed by atoms with Crippen LogP contribution in [0.2, 0.25) is 0 Å². The number of thioether (sulfide) groups is 1. The predicted molar refractivity (Wildman–Crippen MR) is 85.4 cm³/mol. The van der Waals surface area contributed by atoms with Gasteiger partial charge in [-0.25, -0.2) is 0 Å². The Morgan fingerprint density at radius 3 is 2.86 bits per heavy atom. The minimum atomic E-state index is -0.530. The second-order valence-electron chi connectivity index (χ2n) is 4.38. The van der Waals surface area contributed by atoms with Crippen LogP contribution in [0.3, 0.4) is 0 Å². The summed E-state index contributed by atoms with van der Waals surface area (Å²) in [4.78, 5) is 11.7. The van der Waals surface area contributed by atoms with E-state index in [0.717, 1.165) is 35.8 Å².